The Morgan fingerprint density at radius 3 is 2.39 bits per heavy atom. The van der Waals surface area contributed by atoms with E-state index in [-0.39, 0.29) is 47.1 Å². The molecule has 5 heteroatoms. The predicted octanol–water partition coefficient (Wildman–Crippen LogP) is 2.92. The Morgan fingerprint density at radius 2 is 1.71 bits per heavy atom. The molecule has 5 nitrogen and oxygen atoms in total. The van der Waals surface area contributed by atoms with E-state index < -0.39 is 28.8 Å². The SMILES string of the molecule is C[C@@H]1C(=O)[C@@]23[C@@H]4OC(C)(C)O[C@@H]2C[C@@H]2C(C)(C)CC[C@@H](O)[C@@]2(C)[C@H]3[C@@H](O)C[C@@H]14. The van der Waals surface area contributed by atoms with Gasteiger partial charge in [0.05, 0.1) is 29.8 Å². The molecule has 158 valence electrons. The summed E-state index contributed by atoms with van der Waals surface area (Å²) in [5.74, 6) is -0.794. The quantitative estimate of drug-likeness (QED) is 0.663. The molecule has 5 fully saturated rings. The summed E-state index contributed by atoms with van der Waals surface area (Å²) in [5, 5.41) is 22.7. The van der Waals surface area contributed by atoms with Crippen molar-refractivity contribution < 1.29 is 24.5 Å². The summed E-state index contributed by atoms with van der Waals surface area (Å²) in [5.41, 5.74) is -1.33. The van der Waals surface area contributed by atoms with Crippen molar-refractivity contribution in [1.29, 1.82) is 0 Å². The molecule has 1 heterocycles. The number of fused-ring (bicyclic) bond motifs is 2. The second kappa shape index (κ2) is 5.40. The van der Waals surface area contributed by atoms with Crippen LogP contribution in [0.3, 0.4) is 0 Å². The highest BCUT2D eigenvalue weighted by atomic mass is 16.7. The maximum absolute atomic E-state index is 13.8. The molecule has 0 amide bonds. The first kappa shape index (κ1) is 19.5. The monoisotopic (exact) mass is 392 g/mol. The van der Waals surface area contributed by atoms with Gasteiger partial charge in [-0.2, -0.15) is 0 Å². The molecule has 28 heavy (non-hydrogen) atoms. The largest absolute Gasteiger partial charge is 0.393 e. The summed E-state index contributed by atoms with van der Waals surface area (Å²) < 4.78 is 12.9. The number of carbonyl (C=O) groups is 1. The van der Waals surface area contributed by atoms with Crippen LogP contribution in [0, 0.1) is 39.9 Å². The maximum atomic E-state index is 13.8. The molecule has 10 atom stereocenters. The highest BCUT2D eigenvalue weighted by molar-refractivity contribution is 5.92. The van der Waals surface area contributed by atoms with E-state index in [1.54, 1.807) is 0 Å². The second-order valence-corrected chi connectivity index (χ2v) is 11.8. The van der Waals surface area contributed by atoms with Crippen molar-refractivity contribution in [2.24, 2.45) is 39.9 Å². The van der Waals surface area contributed by atoms with Gasteiger partial charge < -0.3 is 19.7 Å². The molecule has 5 aliphatic rings. The minimum atomic E-state index is -0.836. The molecule has 2 bridgehead atoms. The second-order valence-electron chi connectivity index (χ2n) is 11.8. The van der Waals surface area contributed by atoms with Crippen LogP contribution in [0.2, 0.25) is 0 Å². The number of ether oxygens (including phenoxy) is 2. The molecule has 0 unspecified atom stereocenters. The molecule has 2 N–H and O–H groups in total. The lowest BCUT2D eigenvalue weighted by Gasteiger charge is -2.70. The predicted molar refractivity (Wildman–Crippen MR) is 103 cm³/mol. The minimum Gasteiger partial charge on any atom is -0.393 e. The molecular formula is C23H36O5. The van der Waals surface area contributed by atoms with Crippen LogP contribution in [0.5, 0.6) is 0 Å². The van der Waals surface area contributed by atoms with E-state index in [4.69, 9.17) is 9.47 Å². The van der Waals surface area contributed by atoms with Crippen LogP contribution in [0.4, 0.5) is 0 Å². The van der Waals surface area contributed by atoms with Crippen LogP contribution in [-0.2, 0) is 14.3 Å². The van der Waals surface area contributed by atoms with E-state index in [1.165, 1.54) is 0 Å². The van der Waals surface area contributed by atoms with Gasteiger partial charge >= 0.3 is 0 Å². The lowest BCUT2D eigenvalue weighted by molar-refractivity contribution is -0.394. The summed E-state index contributed by atoms with van der Waals surface area (Å²) in [7, 11) is 0. The number of carbonyl (C=O) groups excluding carboxylic acids is 1. The first-order valence-corrected chi connectivity index (χ1v) is 11.1. The molecule has 0 aromatic heterocycles. The van der Waals surface area contributed by atoms with Crippen LogP contribution in [0.15, 0.2) is 0 Å². The zero-order valence-corrected chi connectivity index (χ0v) is 18.1. The molecule has 1 spiro atoms. The zero-order valence-electron chi connectivity index (χ0n) is 18.1. The first-order chi connectivity index (χ1) is 12.9. The fourth-order valence-corrected chi connectivity index (χ4v) is 8.69. The van der Waals surface area contributed by atoms with Crippen molar-refractivity contribution in [2.45, 2.75) is 97.4 Å². The van der Waals surface area contributed by atoms with Gasteiger partial charge in [0, 0.05) is 17.3 Å². The van der Waals surface area contributed by atoms with E-state index in [9.17, 15) is 15.0 Å². The minimum absolute atomic E-state index is 0.0262. The van der Waals surface area contributed by atoms with Crippen LogP contribution in [0.1, 0.15) is 67.2 Å². The third-order valence-electron chi connectivity index (χ3n) is 9.72. The number of ketones is 1. The van der Waals surface area contributed by atoms with Crippen molar-refractivity contribution in [3.63, 3.8) is 0 Å². The van der Waals surface area contributed by atoms with Crippen molar-refractivity contribution in [3.8, 4) is 0 Å². The summed E-state index contributed by atoms with van der Waals surface area (Å²) in [6.45, 7) is 12.6. The Bertz CT molecular complexity index is 716. The average molecular weight is 393 g/mol. The van der Waals surface area contributed by atoms with Gasteiger partial charge in [-0.1, -0.05) is 27.7 Å². The standard InChI is InChI=1S/C23H36O5/c1-11-12-9-13(24)17-22(6)14(20(2,3)8-7-15(22)25)10-16-23(17,18(11)26)19(12)28-21(4,5)27-16/h11-17,19,24-25H,7-10H2,1-6H3/t11-,12-,13-,14+,15+,16+,17+,19+,22-,23+/m0/s1. The molecular weight excluding hydrogens is 356 g/mol. The van der Waals surface area contributed by atoms with E-state index in [1.807, 2.05) is 20.8 Å². The first-order valence-electron chi connectivity index (χ1n) is 11.1. The number of rotatable bonds is 0. The van der Waals surface area contributed by atoms with E-state index in [0.717, 1.165) is 19.3 Å². The van der Waals surface area contributed by atoms with Gasteiger partial charge in [0.15, 0.2) is 5.79 Å². The Morgan fingerprint density at radius 1 is 1.04 bits per heavy atom. The van der Waals surface area contributed by atoms with Gasteiger partial charge in [-0.3, -0.25) is 4.79 Å². The normalized spacial score (nSPS) is 58.8. The Balaban J connectivity index is 1.75. The summed E-state index contributed by atoms with van der Waals surface area (Å²) >= 11 is 0. The topological polar surface area (TPSA) is 76.0 Å². The Labute approximate surface area is 168 Å². The van der Waals surface area contributed by atoms with Crippen molar-refractivity contribution in [2.75, 3.05) is 0 Å². The van der Waals surface area contributed by atoms with E-state index >= 15 is 0 Å². The molecule has 1 aliphatic heterocycles. The fourth-order valence-electron chi connectivity index (χ4n) is 8.69. The molecule has 0 aromatic carbocycles. The molecule has 5 rings (SSSR count). The van der Waals surface area contributed by atoms with Gasteiger partial charge in [0.1, 0.15) is 5.78 Å². The van der Waals surface area contributed by atoms with Crippen LogP contribution >= 0.6 is 0 Å². The number of aliphatic hydroxyl groups is 2. The number of Topliss-reactive ketones (excluding diaryl/α,β-unsaturated/α-hetero) is 1. The Hall–Kier alpha value is -0.490. The van der Waals surface area contributed by atoms with E-state index in [0.29, 0.717) is 6.42 Å². The summed E-state index contributed by atoms with van der Waals surface area (Å²) in [6, 6.07) is 0. The van der Waals surface area contributed by atoms with Gasteiger partial charge in [-0.05, 0) is 56.8 Å². The molecule has 0 radical (unpaired) electrons. The lowest BCUT2D eigenvalue weighted by atomic mass is 9.38. The smallest absolute Gasteiger partial charge is 0.163 e. The highest BCUT2D eigenvalue weighted by Gasteiger charge is 2.80. The van der Waals surface area contributed by atoms with Crippen LogP contribution in [-0.4, -0.2) is 46.2 Å². The number of hydrogen-bond donors (Lipinski definition) is 2. The third-order valence-corrected chi connectivity index (χ3v) is 9.72. The lowest BCUT2D eigenvalue weighted by Crippen LogP contribution is -2.76. The molecule has 0 aromatic rings. The molecule has 4 saturated carbocycles. The fraction of sp³-hybridized carbons (Fsp3) is 0.957. The summed E-state index contributed by atoms with van der Waals surface area (Å²) in [6.07, 6.45) is 1.37. The summed E-state index contributed by atoms with van der Waals surface area (Å²) in [4.78, 5) is 13.8. The van der Waals surface area contributed by atoms with Gasteiger partial charge in [-0.25, -0.2) is 0 Å². The zero-order chi connectivity index (χ0) is 20.4. The van der Waals surface area contributed by atoms with Gasteiger partial charge in [0.2, 0.25) is 0 Å². The van der Waals surface area contributed by atoms with Crippen molar-refractivity contribution in [1.82, 2.24) is 0 Å². The third kappa shape index (κ3) is 2.00. The number of aliphatic hydroxyl groups excluding tert-OH is 2. The van der Waals surface area contributed by atoms with Crippen LogP contribution < -0.4 is 0 Å². The van der Waals surface area contributed by atoms with E-state index in [2.05, 4.69) is 20.8 Å². The molecule has 4 aliphatic carbocycles. The highest BCUT2D eigenvalue weighted by Crippen LogP contribution is 2.73. The Kier molecular flexibility index (Phi) is 3.76. The molecule has 1 saturated heterocycles. The van der Waals surface area contributed by atoms with Crippen molar-refractivity contribution >= 4 is 5.78 Å². The average Bonchev–Trinajstić information content (AvgIpc) is 2.72. The van der Waals surface area contributed by atoms with Gasteiger partial charge in [-0.15, -0.1) is 0 Å². The van der Waals surface area contributed by atoms with Crippen molar-refractivity contribution in [3.05, 3.63) is 0 Å². The number of hydrogen-bond acceptors (Lipinski definition) is 5. The van der Waals surface area contributed by atoms with Gasteiger partial charge in [0.25, 0.3) is 0 Å². The maximum Gasteiger partial charge on any atom is 0.163 e. The van der Waals surface area contributed by atoms with Crippen LogP contribution in [0.25, 0.3) is 0 Å².